The predicted molar refractivity (Wildman–Crippen MR) is 75.4 cm³/mol. The molecular formula is C15H21P. The highest BCUT2D eigenvalue weighted by molar-refractivity contribution is 7.27. The van der Waals surface area contributed by atoms with Crippen molar-refractivity contribution < 1.29 is 0 Å². The molecule has 1 aromatic carbocycles. The van der Waals surface area contributed by atoms with Gasteiger partial charge in [-0.3, -0.25) is 0 Å². The standard InChI is InChI=1S/C15H21P/c1-10-7-8-11(2)13(9-10)15-12(3)5-4-6-14(15)16/h4-6,9,11,13H,7-8,16H2,1-3H3. The van der Waals surface area contributed by atoms with E-state index in [4.69, 9.17) is 0 Å². The molecule has 0 radical (unpaired) electrons. The molecule has 0 aliphatic heterocycles. The molecule has 1 aromatic rings. The molecule has 2 rings (SSSR count). The molecule has 0 spiro atoms. The Morgan fingerprint density at radius 2 is 2.00 bits per heavy atom. The molecule has 0 nitrogen and oxygen atoms in total. The van der Waals surface area contributed by atoms with Crippen LogP contribution in [0.15, 0.2) is 29.8 Å². The molecule has 0 bridgehead atoms. The lowest BCUT2D eigenvalue weighted by atomic mass is 9.77. The first-order valence-electron chi connectivity index (χ1n) is 6.12. The lowest BCUT2D eigenvalue weighted by molar-refractivity contribution is 0.458. The highest BCUT2D eigenvalue weighted by Crippen LogP contribution is 2.36. The van der Waals surface area contributed by atoms with Crippen molar-refractivity contribution in [2.45, 2.75) is 39.5 Å². The first kappa shape index (κ1) is 11.9. The van der Waals surface area contributed by atoms with E-state index in [1.54, 1.807) is 5.57 Å². The molecule has 0 aromatic heterocycles. The van der Waals surface area contributed by atoms with Crippen LogP contribution in [0.2, 0.25) is 0 Å². The highest BCUT2D eigenvalue weighted by atomic mass is 31.0. The molecule has 0 N–H and O–H groups in total. The molecule has 0 saturated heterocycles. The fourth-order valence-electron chi connectivity index (χ4n) is 2.72. The Kier molecular flexibility index (Phi) is 3.50. The third-order valence-corrected chi connectivity index (χ3v) is 4.27. The van der Waals surface area contributed by atoms with E-state index in [9.17, 15) is 0 Å². The number of hydrogen-bond donors (Lipinski definition) is 0. The second kappa shape index (κ2) is 4.72. The van der Waals surface area contributed by atoms with Gasteiger partial charge >= 0.3 is 0 Å². The van der Waals surface area contributed by atoms with E-state index in [-0.39, 0.29) is 0 Å². The minimum absolute atomic E-state index is 0.613. The molecule has 0 amide bonds. The van der Waals surface area contributed by atoms with Gasteiger partial charge in [0.15, 0.2) is 0 Å². The van der Waals surface area contributed by atoms with Gasteiger partial charge in [-0.15, -0.1) is 9.24 Å². The quantitative estimate of drug-likeness (QED) is 0.508. The van der Waals surface area contributed by atoms with Crippen molar-refractivity contribution in [1.29, 1.82) is 0 Å². The van der Waals surface area contributed by atoms with Gasteiger partial charge in [0.25, 0.3) is 0 Å². The van der Waals surface area contributed by atoms with Crippen molar-refractivity contribution in [2.75, 3.05) is 0 Å². The first-order chi connectivity index (χ1) is 7.59. The minimum atomic E-state index is 0.613. The lowest BCUT2D eigenvalue weighted by Gasteiger charge is -2.29. The number of allylic oxidation sites excluding steroid dienone is 2. The van der Waals surface area contributed by atoms with Crippen LogP contribution in [0.3, 0.4) is 0 Å². The van der Waals surface area contributed by atoms with Gasteiger partial charge in [0.2, 0.25) is 0 Å². The third kappa shape index (κ3) is 2.23. The smallest absolute Gasteiger partial charge is 0.00550 e. The van der Waals surface area contributed by atoms with Crippen molar-refractivity contribution >= 4 is 14.5 Å². The zero-order valence-electron chi connectivity index (χ0n) is 10.5. The van der Waals surface area contributed by atoms with Crippen molar-refractivity contribution in [3.63, 3.8) is 0 Å². The van der Waals surface area contributed by atoms with E-state index in [2.05, 4.69) is 54.3 Å². The monoisotopic (exact) mass is 232 g/mol. The molecular weight excluding hydrogens is 211 g/mol. The second-order valence-corrected chi connectivity index (χ2v) is 5.75. The first-order valence-corrected chi connectivity index (χ1v) is 6.69. The Morgan fingerprint density at radius 1 is 1.25 bits per heavy atom. The van der Waals surface area contributed by atoms with Gasteiger partial charge in [0.05, 0.1) is 0 Å². The Bertz CT molecular complexity index is 397. The molecule has 1 aliphatic rings. The molecule has 0 fully saturated rings. The third-order valence-electron chi connectivity index (χ3n) is 3.76. The predicted octanol–water partition coefficient (Wildman–Crippen LogP) is 3.96. The Labute approximate surface area is 101 Å². The van der Waals surface area contributed by atoms with Crippen LogP contribution >= 0.6 is 9.24 Å². The van der Waals surface area contributed by atoms with Gasteiger partial charge in [-0.05, 0) is 49.0 Å². The summed E-state index contributed by atoms with van der Waals surface area (Å²) in [5, 5.41) is 1.36. The van der Waals surface area contributed by atoms with Gasteiger partial charge in [0.1, 0.15) is 0 Å². The second-order valence-electron chi connectivity index (χ2n) is 5.13. The van der Waals surface area contributed by atoms with Crippen LogP contribution < -0.4 is 5.30 Å². The molecule has 3 unspecified atom stereocenters. The maximum Gasteiger partial charge on any atom is 0.00550 e. The van der Waals surface area contributed by atoms with E-state index in [1.165, 1.54) is 29.3 Å². The van der Waals surface area contributed by atoms with Crippen LogP contribution in [-0.2, 0) is 0 Å². The van der Waals surface area contributed by atoms with Crippen molar-refractivity contribution in [3.05, 3.63) is 41.0 Å². The van der Waals surface area contributed by atoms with E-state index in [0.29, 0.717) is 5.92 Å². The van der Waals surface area contributed by atoms with Crippen LogP contribution in [-0.4, -0.2) is 0 Å². The Morgan fingerprint density at radius 3 is 2.69 bits per heavy atom. The molecule has 0 saturated carbocycles. The summed E-state index contributed by atoms with van der Waals surface area (Å²) >= 11 is 0. The summed E-state index contributed by atoms with van der Waals surface area (Å²) in [5.41, 5.74) is 4.50. The SMILES string of the molecule is CC1=CC(c2c(C)cccc2P)C(C)CC1. The molecule has 1 heteroatoms. The summed E-state index contributed by atoms with van der Waals surface area (Å²) < 4.78 is 0. The van der Waals surface area contributed by atoms with E-state index in [1.807, 2.05) is 0 Å². The van der Waals surface area contributed by atoms with Gasteiger partial charge in [-0.1, -0.05) is 36.8 Å². The molecule has 3 atom stereocenters. The summed E-state index contributed by atoms with van der Waals surface area (Å²) in [6.07, 6.45) is 5.07. The maximum atomic E-state index is 2.89. The highest BCUT2D eigenvalue weighted by Gasteiger charge is 2.23. The molecule has 1 aliphatic carbocycles. The van der Waals surface area contributed by atoms with Crippen molar-refractivity contribution in [1.82, 2.24) is 0 Å². The number of hydrogen-bond acceptors (Lipinski definition) is 0. The lowest BCUT2D eigenvalue weighted by Crippen LogP contribution is -2.18. The number of benzene rings is 1. The van der Waals surface area contributed by atoms with E-state index < -0.39 is 0 Å². The van der Waals surface area contributed by atoms with Gasteiger partial charge in [-0.25, -0.2) is 0 Å². The fraction of sp³-hybridized carbons (Fsp3) is 0.467. The van der Waals surface area contributed by atoms with Gasteiger partial charge in [-0.2, -0.15) is 0 Å². The number of rotatable bonds is 1. The minimum Gasteiger partial charge on any atom is -0.105 e. The molecule has 16 heavy (non-hydrogen) atoms. The summed E-state index contributed by atoms with van der Waals surface area (Å²) in [7, 11) is 2.89. The average molecular weight is 232 g/mol. The van der Waals surface area contributed by atoms with Gasteiger partial charge < -0.3 is 0 Å². The fourth-order valence-corrected chi connectivity index (χ4v) is 3.25. The van der Waals surface area contributed by atoms with Crippen LogP contribution in [0.1, 0.15) is 43.7 Å². The van der Waals surface area contributed by atoms with Crippen LogP contribution in [0.4, 0.5) is 0 Å². The Hall–Kier alpha value is -0.610. The largest absolute Gasteiger partial charge is 0.105 e. The van der Waals surface area contributed by atoms with E-state index in [0.717, 1.165) is 5.92 Å². The summed E-state index contributed by atoms with van der Waals surface area (Å²) in [6.45, 7) is 6.87. The maximum absolute atomic E-state index is 2.89. The summed E-state index contributed by atoms with van der Waals surface area (Å²) in [6, 6.07) is 6.58. The Balaban J connectivity index is 2.46. The molecule has 86 valence electrons. The molecule has 0 heterocycles. The normalized spacial score (nSPS) is 25.4. The van der Waals surface area contributed by atoms with Gasteiger partial charge in [0, 0.05) is 5.92 Å². The van der Waals surface area contributed by atoms with Crippen molar-refractivity contribution in [2.24, 2.45) is 5.92 Å². The summed E-state index contributed by atoms with van der Waals surface area (Å²) in [4.78, 5) is 0. The van der Waals surface area contributed by atoms with Crippen molar-refractivity contribution in [3.8, 4) is 0 Å². The van der Waals surface area contributed by atoms with Crippen LogP contribution in [0.25, 0.3) is 0 Å². The van der Waals surface area contributed by atoms with E-state index >= 15 is 0 Å². The topological polar surface area (TPSA) is 0 Å². The zero-order chi connectivity index (χ0) is 11.7. The zero-order valence-corrected chi connectivity index (χ0v) is 11.6. The number of aryl methyl sites for hydroxylation is 1. The summed E-state index contributed by atoms with van der Waals surface area (Å²) in [5.74, 6) is 1.38. The van der Waals surface area contributed by atoms with Crippen LogP contribution in [0, 0.1) is 12.8 Å². The average Bonchev–Trinajstić information content (AvgIpc) is 2.23. The van der Waals surface area contributed by atoms with Crippen LogP contribution in [0.5, 0.6) is 0 Å².